The van der Waals surface area contributed by atoms with Crippen molar-refractivity contribution in [1.29, 1.82) is 0 Å². The molecule has 0 heterocycles. The second-order valence-electron chi connectivity index (χ2n) is 5.18. The van der Waals surface area contributed by atoms with Gasteiger partial charge in [-0.15, -0.1) is 0 Å². The van der Waals surface area contributed by atoms with E-state index in [0.717, 1.165) is 12.0 Å². The van der Waals surface area contributed by atoms with Crippen molar-refractivity contribution in [3.63, 3.8) is 0 Å². The molecule has 1 aliphatic carbocycles. The highest BCUT2D eigenvalue weighted by Crippen LogP contribution is 2.46. The summed E-state index contributed by atoms with van der Waals surface area (Å²) in [6.07, 6.45) is 1.86. The maximum Gasteiger partial charge on any atom is 0.319 e. The van der Waals surface area contributed by atoms with Gasteiger partial charge in [-0.05, 0) is 37.3 Å². The fourth-order valence-corrected chi connectivity index (χ4v) is 2.12. The van der Waals surface area contributed by atoms with Gasteiger partial charge in [0.25, 0.3) is 0 Å². The van der Waals surface area contributed by atoms with Crippen molar-refractivity contribution in [3.8, 4) is 0 Å². The number of hydrogen-bond acceptors (Lipinski definition) is 2. The second-order valence-corrected chi connectivity index (χ2v) is 5.18. The Labute approximate surface area is 112 Å². The Morgan fingerprint density at radius 2 is 1.89 bits per heavy atom. The number of carbonyl (C=O) groups is 2. The Morgan fingerprint density at radius 1 is 1.32 bits per heavy atom. The fourth-order valence-electron chi connectivity index (χ4n) is 2.12. The summed E-state index contributed by atoms with van der Waals surface area (Å²) >= 11 is 0. The average molecular weight is 261 g/mol. The zero-order valence-electron chi connectivity index (χ0n) is 11.3. The summed E-state index contributed by atoms with van der Waals surface area (Å²) < 4.78 is 0. The molecule has 1 atom stereocenters. The molecule has 2 N–H and O–H groups in total. The Morgan fingerprint density at radius 3 is 2.32 bits per heavy atom. The first-order valence-corrected chi connectivity index (χ1v) is 6.63. The number of nitrogens with one attached hydrogen (secondary N) is 1. The molecule has 1 amide bonds. The van der Waals surface area contributed by atoms with Crippen molar-refractivity contribution in [2.75, 3.05) is 0 Å². The van der Waals surface area contributed by atoms with Crippen LogP contribution in [0, 0.1) is 5.41 Å². The van der Waals surface area contributed by atoms with Gasteiger partial charge in [-0.1, -0.05) is 31.2 Å². The van der Waals surface area contributed by atoms with Crippen LogP contribution in [0.25, 0.3) is 0 Å². The molecule has 1 fully saturated rings. The summed E-state index contributed by atoms with van der Waals surface area (Å²) in [5, 5.41) is 11.9. The molecule has 0 saturated heterocycles. The highest BCUT2D eigenvalue weighted by Gasteiger charge is 2.57. The van der Waals surface area contributed by atoms with E-state index in [0.29, 0.717) is 12.8 Å². The van der Waals surface area contributed by atoms with Crippen molar-refractivity contribution in [3.05, 3.63) is 35.4 Å². The van der Waals surface area contributed by atoms with Crippen molar-refractivity contribution in [2.45, 2.75) is 39.2 Å². The third-order valence-corrected chi connectivity index (χ3v) is 3.83. The van der Waals surface area contributed by atoms with E-state index in [-0.39, 0.29) is 11.9 Å². The van der Waals surface area contributed by atoms with Crippen LogP contribution in [0.3, 0.4) is 0 Å². The van der Waals surface area contributed by atoms with E-state index in [1.54, 1.807) is 0 Å². The lowest BCUT2D eigenvalue weighted by Crippen LogP contribution is -2.38. The molecular formula is C15H19NO3. The van der Waals surface area contributed by atoms with E-state index < -0.39 is 11.4 Å². The zero-order valence-corrected chi connectivity index (χ0v) is 11.3. The van der Waals surface area contributed by atoms with Gasteiger partial charge in [-0.2, -0.15) is 0 Å². The van der Waals surface area contributed by atoms with Gasteiger partial charge >= 0.3 is 5.97 Å². The molecule has 102 valence electrons. The lowest BCUT2D eigenvalue weighted by atomic mass is 10.0. The third kappa shape index (κ3) is 2.62. The van der Waals surface area contributed by atoms with Crippen LogP contribution in [0.4, 0.5) is 0 Å². The average Bonchev–Trinajstić information content (AvgIpc) is 3.20. The van der Waals surface area contributed by atoms with E-state index in [2.05, 4.69) is 12.2 Å². The number of aliphatic carboxylic acids is 1. The molecule has 1 aromatic rings. The summed E-state index contributed by atoms with van der Waals surface area (Å²) in [7, 11) is 0. The summed E-state index contributed by atoms with van der Waals surface area (Å²) in [6, 6.07) is 7.84. The minimum atomic E-state index is -1.17. The maximum atomic E-state index is 12.0. The van der Waals surface area contributed by atoms with Crippen LogP contribution in [0.5, 0.6) is 0 Å². The highest BCUT2D eigenvalue weighted by atomic mass is 16.4. The lowest BCUT2D eigenvalue weighted by molar-refractivity contribution is -0.149. The maximum absolute atomic E-state index is 12.0. The van der Waals surface area contributed by atoms with Crippen molar-refractivity contribution < 1.29 is 14.7 Å². The summed E-state index contributed by atoms with van der Waals surface area (Å²) in [5.41, 5.74) is 1.07. The monoisotopic (exact) mass is 261 g/mol. The van der Waals surface area contributed by atoms with Gasteiger partial charge in [-0.25, -0.2) is 0 Å². The standard InChI is InChI=1S/C15H19NO3/c1-3-11-4-6-12(7-5-11)10(2)16-13(17)15(8-9-15)14(18)19/h4-7,10H,3,8-9H2,1-2H3,(H,16,17)(H,18,19). The predicted octanol–water partition coefficient (Wildman–Crippen LogP) is 2.29. The van der Waals surface area contributed by atoms with E-state index in [4.69, 9.17) is 5.11 Å². The summed E-state index contributed by atoms with van der Waals surface area (Å²) in [6.45, 7) is 3.96. The molecule has 0 radical (unpaired) electrons. The SMILES string of the molecule is CCc1ccc(C(C)NC(=O)C2(C(=O)O)CC2)cc1. The molecule has 1 unspecified atom stereocenters. The molecule has 1 aliphatic rings. The molecule has 2 rings (SSSR count). The minimum Gasteiger partial charge on any atom is -0.480 e. The number of carbonyl (C=O) groups excluding carboxylic acids is 1. The smallest absolute Gasteiger partial charge is 0.319 e. The van der Waals surface area contributed by atoms with Crippen LogP contribution in [-0.4, -0.2) is 17.0 Å². The van der Waals surface area contributed by atoms with Crippen LogP contribution in [0.15, 0.2) is 24.3 Å². The molecule has 4 nitrogen and oxygen atoms in total. The molecule has 1 saturated carbocycles. The molecule has 1 aromatic carbocycles. The summed E-state index contributed by atoms with van der Waals surface area (Å²) in [5.74, 6) is -1.38. The Hall–Kier alpha value is -1.84. The Bertz CT molecular complexity index is 489. The Balaban J connectivity index is 2.02. The van der Waals surface area contributed by atoms with E-state index >= 15 is 0 Å². The molecule has 0 aliphatic heterocycles. The van der Waals surface area contributed by atoms with Gasteiger partial charge < -0.3 is 10.4 Å². The van der Waals surface area contributed by atoms with E-state index in [1.807, 2.05) is 31.2 Å². The normalized spacial score (nSPS) is 17.6. The number of amides is 1. The van der Waals surface area contributed by atoms with Gasteiger partial charge in [0.2, 0.25) is 5.91 Å². The van der Waals surface area contributed by atoms with Gasteiger partial charge in [0.05, 0.1) is 6.04 Å². The van der Waals surface area contributed by atoms with Crippen LogP contribution >= 0.6 is 0 Å². The largest absolute Gasteiger partial charge is 0.480 e. The topological polar surface area (TPSA) is 66.4 Å². The predicted molar refractivity (Wildman–Crippen MR) is 71.7 cm³/mol. The lowest BCUT2D eigenvalue weighted by Gasteiger charge is -2.17. The summed E-state index contributed by atoms with van der Waals surface area (Å²) in [4.78, 5) is 23.0. The van der Waals surface area contributed by atoms with Gasteiger partial charge in [0.1, 0.15) is 5.41 Å². The van der Waals surface area contributed by atoms with Crippen LogP contribution < -0.4 is 5.32 Å². The number of carboxylic acid groups (broad SMARTS) is 1. The van der Waals surface area contributed by atoms with Gasteiger partial charge in [-0.3, -0.25) is 9.59 Å². The fraction of sp³-hybridized carbons (Fsp3) is 0.467. The van der Waals surface area contributed by atoms with E-state index in [1.165, 1.54) is 5.56 Å². The molecule has 4 heteroatoms. The molecule has 0 aromatic heterocycles. The van der Waals surface area contributed by atoms with Crippen LogP contribution in [0.1, 0.15) is 43.9 Å². The second kappa shape index (κ2) is 5.03. The quantitative estimate of drug-likeness (QED) is 0.799. The molecule has 19 heavy (non-hydrogen) atoms. The first-order chi connectivity index (χ1) is 8.99. The third-order valence-electron chi connectivity index (χ3n) is 3.83. The minimum absolute atomic E-state index is 0.171. The number of aryl methyl sites for hydroxylation is 1. The zero-order chi connectivity index (χ0) is 14.0. The van der Waals surface area contributed by atoms with Crippen molar-refractivity contribution >= 4 is 11.9 Å². The molecule has 0 bridgehead atoms. The highest BCUT2D eigenvalue weighted by molar-refractivity contribution is 6.04. The van der Waals surface area contributed by atoms with Crippen LogP contribution in [0.2, 0.25) is 0 Å². The molecular weight excluding hydrogens is 242 g/mol. The number of rotatable bonds is 5. The number of hydrogen-bond donors (Lipinski definition) is 2. The number of carboxylic acids is 1. The van der Waals surface area contributed by atoms with Crippen molar-refractivity contribution in [2.24, 2.45) is 5.41 Å². The first-order valence-electron chi connectivity index (χ1n) is 6.63. The Kier molecular flexibility index (Phi) is 3.60. The number of benzene rings is 1. The first kappa shape index (κ1) is 13.6. The van der Waals surface area contributed by atoms with Crippen LogP contribution in [-0.2, 0) is 16.0 Å². The molecule has 0 spiro atoms. The van der Waals surface area contributed by atoms with Gasteiger partial charge in [0, 0.05) is 0 Å². The van der Waals surface area contributed by atoms with Gasteiger partial charge in [0.15, 0.2) is 0 Å². The van der Waals surface area contributed by atoms with Crippen molar-refractivity contribution in [1.82, 2.24) is 5.32 Å². The van der Waals surface area contributed by atoms with E-state index in [9.17, 15) is 9.59 Å².